The zero-order valence-corrected chi connectivity index (χ0v) is 23.0. The standard InChI is InChI=1S/C30H27FN4O3S2/c31-23-6-2-4-21(16-23)20-3-1-5-22(15-20)28-25(13-18-9-11-24(12-10-18)40(32)38)27(14-19-7-8-19)35(34-28)30-33-26(17-39-30)29(36)37/h1-6,9-12,15-17,19,29,36-37H,7-8,13-14,32H2. The molecule has 1 aliphatic rings. The monoisotopic (exact) mass is 574 g/mol. The topological polar surface area (TPSA) is 114 Å². The van der Waals surface area contributed by atoms with Crippen LogP contribution in [0.4, 0.5) is 4.39 Å². The molecule has 3 aromatic carbocycles. The number of thiazole rings is 1. The Hall–Kier alpha value is -3.54. The van der Waals surface area contributed by atoms with Gasteiger partial charge >= 0.3 is 0 Å². The lowest BCUT2D eigenvalue weighted by atomic mass is 9.95. The highest BCUT2D eigenvalue weighted by atomic mass is 32.2. The number of nitrogens with zero attached hydrogens (tertiary/aromatic N) is 3. The predicted octanol–water partition coefficient (Wildman–Crippen LogP) is 5.31. The average molecular weight is 575 g/mol. The van der Waals surface area contributed by atoms with Gasteiger partial charge in [-0.3, -0.25) is 0 Å². The van der Waals surface area contributed by atoms with Gasteiger partial charge in [-0.1, -0.05) is 42.5 Å². The molecule has 0 spiro atoms. The first kappa shape index (κ1) is 26.7. The summed E-state index contributed by atoms with van der Waals surface area (Å²) in [5.74, 6) is 0.248. The number of nitrogens with two attached hydrogens (primary N) is 1. The first-order valence-electron chi connectivity index (χ1n) is 12.9. The number of aliphatic hydroxyl groups is 2. The first-order chi connectivity index (χ1) is 19.4. The van der Waals surface area contributed by atoms with Gasteiger partial charge in [-0.2, -0.15) is 5.10 Å². The van der Waals surface area contributed by atoms with Crippen LogP contribution in [0.1, 0.15) is 41.6 Å². The fourth-order valence-electron chi connectivity index (χ4n) is 4.82. The SMILES string of the molecule is NS(=O)c1ccc(Cc2c(-c3cccc(-c4cccc(F)c4)c3)nn(-c3nc(C(O)O)cs3)c2CC2CC2)cc1. The molecule has 7 nitrogen and oxygen atoms in total. The molecular weight excluding hydrogens is 547 g/mol. The Kier molecular flexibility index (Phi) is 7.43. The molecule has 1 unspecified atom stereocenters. The van der Waals surface area contributed by atoms with Crippen molar-refractivity contribution in [3.63, 3.8) is 0 Å². The van der Waals surface area contributed by atoms with Crippen molar-refractivity contribution >= 4 is 22.3 Å². The third kappa shape index (κ3) is 5.67. The van der Waals surface area contributed by atoms with Crippen LogP contribution in [0.15, 0.2) is 83.1 Å². The lowest BCUT2D eigenvalue weighted by molar-refractivity contribution is -0.0454. The van der Waals surface area contributed by atoms with E-state index in [0.717, 1.165) is 58.5 Å². The number of aromatic nitrogens is 3. The lowest BCUT2D eigenvalue weighted by Gasteiger charge is -2.10. The van der Waals surface area contributed by atoms with E-state index in [1.54, 1.807) is 23.6 Å². The van der Waals surface area contributed by atoms with Crippen LogP contribution in [0.25, 0.3) is 27.5 Å². The van der Waals surface area contributed by atoms with E-state index in [4.69, 9.17) is 10.2 Å². The highest BCUT2D eigenvalue weighted by molar-refractivity contribution is 7.82. The first-order valence-corrected chi connectivity index (χ1v) is 15.0. The van der Waals surface area contributed by atoms with Gasteiger partial charge < -0.3 is 10.2 Å². The Labute approximate surface area is 237 Å². The molecular formula is C30H27FN4O3S2. The van der Waals surface area contributed by atoms with Crippen LogP contribution in [-0.2, 0) is 23.8 Å². The van der Waals surface area contributed by atoms with E-state index < -0.39 is 17.3 Å². The smallest absolute Gasteiger partial charge is 0.210 e. The van der Waals surface area contributed by atoms with Gasteiger partial charge in [0.15, 0.2) is 6.29 Å². The van der Waals surface area contributed by atoms with Gasteiger partial charge in [0, 0.05) is 22.9 Å². The van der Waals surface area contributed by atoms with Gasteiger partial charge in [0.2, 0.25) is 5.13 Å². The molecule has 5 aromatic rings. The molecule has 1 atom stereocenters. The second-order valence-electron chi connectivity index (χ2n) is 9.97. The van der Waals surface area contributed by atoms with Crippen molar-refractivity contribution in [3.8, 4) is 27.5 Å². The molecule has 1 fully saturated rings. The van der Waals surface area contributed by atoms with Crippen LogP contribution in [-0.4, -0.2) is 29.2 Å². The average Bonchev–Trinajstić information content (AvgIpc) is 3.51. The number of hydrogen-bond donors (Lipinski definition) is 3. The van der Waals surface area contributed by atoms with E-state index >= 15 is 0 Å². The third-order valence-corrected chi connectivity index (χ3v) is 8.63. The van der Waals surface area contributed by atoms with Crippen LogP contribution >= 0.6 is 11.3 Å². The molecule has 0 bridgehead atoms. The van der Waals surface area contributed by atoms with Gasteiger partial charge in [-0.25, -0.2) is 23.4 Å². The second-order valence-corrected chi connectivity index (χ2v) is 11.9. The zero-order valence-electron chi connectivity index (χ0n) is 21.4. The molecule has 0 radical (unpaired) electrons. The van der Waals surface area contributed by atoms with Crippen LogP contribution in [0.2, 0.25) is 0 Å². The molecule has 0 amide bonds. The molecule has 2 aromatic heterocycles. The number of halogens is 1. The number of rotatable bonds is 9. The summed E-state index contributed by atoms with van der Waals surface area (Å²) in [6, 6.07) is 21.8. The summed E-state index contributed by atoms with van der Waals surface area (Å²) in [5.41, 5.74) is 6.55. The summed E-state index contributed by atoms with van der Waals surface area (Å²) >= 11 is 1.30. The summed E-state index contributed by atoms with van der Waals surface area (Å²) in [6.07, 6.45) is 2.00. The molecule has 0 saturated heterocycles. The highest BCUT2D eigenvalue weighted by Crippen LogP contribution is 2.39. The van der Waals surface area contributed by atoms with Gasteiger partial charge in [0.1, 0.15) is 22.5 Å². The van der Waals surface area contributed by atoms with Crippen molar-refractivity contribution in [2.75, 3.05) is 0 Å². The molecule has 1 aliphatic carbocycles. The Morgan fingerprint density at radius 3 is 2.38 bits per heavy atom. The molecule has 4 N–H and O–H groups in total. The van der Waals surface area contributed by atoms with Crippen LogP contribution in [0.5, 0.6) is 0 Å². The molecule has 1 saturated carbocycles. The van der Waals surface area contributed by atoms with Gasteiger partial charge in [0.25, 0.3) is 0 Å². The fraction of sp³-hybridized carbons (Fsp3) is 0.200. The zero-order chi connectivity index (χ0) is 27.8. The predicted molar refractivity (Wildman–Crippen MR) is 154 cm³/mol. The maximum atomic E-state index is 14.0. The Balaban J connectivity index is 1.50. The minimum Gasteiger partial charge on any atom is -0.363 e. The van der Waals surface area contributed by atoms with Crippen LogP contribution in [0, 0.1) is 11.7 Å². The van der Waals surface area contributed by atoms with Crippen molar-refractivity contribution in [2.24, 2.45) is 11.1 Å². The van der Waals surface area contributed by atoms with Crippen LogP contribution in [0.3, 0.4) is 0 Å². The van der Waals surface area contributed by atoms with E-state index in [0.29, 0.717) is 22.4 Å². The van der Waals surface area contributed by atoms with Gasteiger partial charge in [0.05, 0.1) is 16.3 Å². The minimum absolute atomic E-state index is 0.175. The Morgan fingerprint density at radius 1 is 1.02 bits per heavy atom. The highest BCUT2D eigenvalue weighted by Gasteiger charge is 2.29. The Bertz CT molecular complexity index is 1690. The normalized spacial score (nSPS) is 14.1. The summed E-state index contributed by atoms with van der Waals surface area (Å²) < 4.78 is 27.6. The van der Waals surface area contributed by atoms with Gasteiger partial charge in [-0.05, 0) is 72.2 Å². The number of benzene rings is 3. The van der Waals surface area contributed by atoms with Crippen molar-refractivity contribution in [2.45, 2.75) is 36.9 Å². The number of aliphatic hydroxyl groups excluding tert-OH is 1. The van der Waals surface area contributed by atoms with Crippen molar-refractivity contribution in [1.29, 1.82) is 0 Å². The van der Waals surface area contributed by atoms with Crippen molar-refractivity contribution < 1.29 is 18.8 Å². The molecule has 0 aliphatic heterocycles. The van der Waals surface area contributed by atoms with E-state index in [1.165, 1.54) is 23.5 Å². The van der Waals surface area contributed by atoms with E-state index in [9.17, 15) is 18.8 Å². The molecule has 204 valence electrons. The summed E-state index contributed by atoms with van der Waals surface area (Å²) in [4.78, 5) is 5.01. The lowest BCUT2D eigenvalue weighted by Crippen LogP contribution is -2.06. The van der Waals surface area contributed by atoms with E-state index in [2.05, 4.69) is 4.98 Å². The van der Waals surface area contributed by atoms with E-state index in [1.807, 2.05) is 47.1 Å². The fourth-order valence-corrected chi connectivity index (χ4v) is 6.03. The van der Waals surface area contributed by atoms with Crippen LogP contribution < -0.4 is 5.14 Å². The molecule has 10 heteroatoms. The largest absolute Gasteiger partial charge is 0.363 e. The van der Waals surface area contributed by atoms with Gasteiger partial charge in [-0.15, -0.1) is 11.3 Å². The quantitative estimate of drug-likeness (QED) is 0.207. The maximum absolute atomic E-state index is 14.0. The summed E-state index contributed by atoms with van der Waals surface area (Å²) in [7, 11) is -1.56. The van der Waals surface area contributed by atoms with Crippen molar-refractivity contribution in [3.05, 3.63) is 107 Å². The Morgan fingerprint density at radius 2 is 1.73 bits per heavy atom. The summed E-state index contributed by atoms with van der Waals surface area (Å²) in [6.45, 7) is 0. The molecule has 40 heavy (non-hydrogen) atoms. The summed E-state index contributed by atoms with van der Waals surface area (Å²) in [5, 5.41) is 32.1. The second kappa shape index (κ2) is 11.1. The molecule has 6 rings (SSSR count). The maximum Gasteiger partial charge on any atom is 0.210 e. The minimum atomic E-state index is -1.67. The van der Waals surface area contributed by atoms with Crippen molar-refractivity contribution in [1.82, 2.24) is 14.8 Å². The van der Waals surface area contributed by atoms with E-state index in [-0.39, 0.29) is 11.5 Å². The third-order valence-electron chi connectivity index (χ3n) is 7.05. The number of hydrogen-bond acceptors (Lipinski definition) is 6. The molecule has 2 heterocycles.